The molecule has 0 saturated carbocycles. The number of aryl methyl sites for hydroxylation is 2. The molecule has 0 radical (unpaired) electrons. The van der Waals surface area contributed by atoms with Crippen molar-refractivity contribution in [3.05, 3.63) is 45.2 Å². The van der Waals surface area contributed by atoms with Gasteiger partial charge in [-0.2, -0.15) is 0 Å². The van der Waals surface area contributed by atoms with Crippen molar-refractivity contribution in [2.24, 2.45) is 0 Å². The first-order chi connectivity index (χ1) is 10.1. The molecule has 0 saturated heterocycles. The number of rotatable bonds is 3. The lowest BCUT2D eigenvalue weighted by Gasteiger charge is -2.05. The summed E-state index contributed by atoms with van der Waals surface area (Å²) in [4.78, 5) is 17.1. The van der Waals surface area contributed by atoms with Crippen LogP contribution in [-0.2, 0) is 0 Å². The molecule has 21 heavy (non-hydrogen) atoms. The Morgan fingerprint density at radius 2 is 2.14 bits per heavy atom. The van der Waals surface area contributed by atoms with E-state index in [0.717, 1.165) is 33.5 Å². The molecule has 7 heteroatoms. The third kappa shape index (κ3) is 2.98. The van der Waals surface area contributed by atoms with E-state index in [0.29, 0.717) is 10.6 Å². The molecule has 0 unspecified atom stereocenters. The number of nitrogens with zero attached hydrogens (tertiary/aromatic N) is 3. The molecule has 1 aromatic carbocycles. The fraction of sp³-hybridized carbons (Fsp3) is 0.143. The van der Waals surface area contributed by atoms with E-state index in [1.807, 2.05) is 36.6 Å². The summed E-state index contributed by atoms with van der Waals surface area (Å²) in [6, 6.07) is 7.64. The van der Waals surface area contributed by atoms with Crippen LogP contribution in [0.15, 0.2) is 29.6 Å². The maximum Gasteiger partial charge on any atom is 0.269 e. The van der Waals surface area contributed by atoms with E-state index in [1.165, 1.54) is 0 Å². The zero-order chi connectivity index (χ0) is 14.8. The van der Waals surface area contributed by atoms with Crippen LogP contribution in [0.3, 0.4) is 0 Å². The van der Waals surface area contributed by atoms with Gasteiger partial charge in [0.15, 0.2) is 0 Å². The van der Waals surface area contributed by atoms with Crippen LogP contribution in [0.4, 0.5) is 5.69 Å². The second kappa shape index (κ2) is 5.71. The van der Waals surface area contributed by atoms with Crippen LogP contribution in [0.2, 0.25) is 0 Å². The number of carbonyl (C=O) groups excluding carboxylic acids is 1. The fourth-order valence-corrected chi connectivity index (χ4v) is 3.05. The molecule has 3 rings (SSSR count). The van der Waals surface area contributed by atoms with Crippen molar-refractivity contribution in [3.8, 4) is 11.3 Å². The lowest BCUT2D eigenvalue weighted by atomic mass is 10.1. The van der Waals surface area contributed by atoms with Gasteiger partial charge in [0.2, 0.25) is 0 Å². The lowest BCUT2D eigenvalue weighted by Crippen LogP contribution is -2.11. The Balaban J connectivity index is 1.84. The first-order valence-electron chi connectivity index (χ1n) is 6.26. The van der Waals surface area contributed by atoms with E-state index in [9.17, 15) is 4.79 Å². The maximum atomic E-state index is 12.2. The lowest BCUT2D eigenvalue weighted by molar-refractivity contribution is 0.103. The van der Waals surface area contributed by atoms with Crippen LogP contribution in [0.1, 0.15) is 20.4 Å². The van der Waals surface area contributed by atoms with Gasteiger partial charge < -0.3 is 5.32 Å². The van der Waals surface area contributed by atoms with Gasteiger partial charge in [0.05, 0.1) is 16.4 Å². The number of anilines is 1. The number of carbonyl (C=O) groups is 1. The van der Waals surface area contributed by atoms with Crippen molar-refractivity contribution in [1.82, 2.24) is 14.6 Å². The molecule has 0 atom stereocenters. The number of hydrogen-bond donors (Lipinski definition) is 1. The first-order valence-corrected chi connectivity index (χ1v) is 7.91. The summed E-state index contributed by atoms with van der Waals surface area (Å²) in [7, 11) is 0. The van der Waals surface area contributed by atoms with E-state index in [1.54, 1.807) is 18.3 Å². The Labute approximate surface area is 129 Å². The summed E-state index contributed by atoms with van der Waals surface area (Å²) in [6.07, 6.45) is 0. The monoisotopic (exact) mass is 316 g/mol. The molecule has 106 valence electrons. The minimum atomic E-state index is -0.186. The highest BCUT2D eigenvalue weighted by Crippen LogP contribution is 2.24. The summed E-state index contributed by atoms with van der Waals surface area (Å²) in [6.45, 7) is 3.74. The summed E-state index contributed by atoms with van der Waals surface area (Å²) in [5.41, 5.74) is 3.28. The van der Waals surface area contributed by atoms with Gasteiger partial charge >= 0.3 is 0 Å². The smallest absolute Gasteiger partial charge is 0.269 e. The van der Waals surface area contributed by atoms with Crippen molar-refractivity contribution >= 4 is 34.5 Å². The van der Waals surface area contributed by atoms with Crippen LogP contribution in [0.5, 0.6) is 0 Å². The standard InChI is InChI=1S/C14H12N4OS2/c1-8-13(21-18-17-8)14(19)16-11-5-3-4-10(6-11)12-7-20-9(2)15-12/h3-7H,1-2H3,(H,16,19). The minimum Gasteiger partial charge on any atom is -0.321 e. The predicted molar refractivity (Wildman–Crippen MR) is 84.9 cm³/mol. The fourth-order valence-electron chi connectivity index (χ4n) is 1.88. The van der Waals surface area contributed by atoms with E-state index in [2.05, 4.69) is 19.9 Å². The number of hydrogen-bond acceptors (Lipinski definition) is 6. The molecule has 0 aliphatic rings. The van der Waals surface area contributed by atoms with Gasteiger partial charge in [-0.15, -0.1) is 16.4 Å². The normalized spacial score (nSPS) is 10.6. The molecular formula is C14H12N4OS2. The molecule has 5 nitrogen and oxygen atoms in total. The van der Waals surface area contributed by atoms with Crippen molar-refractivity contribution in [3.63, 3.8) is 0 Å². The SMILES string of the molecule is Cc1nc(-c2cccc(NC(=O)c3snnc3C)c2)cs1. The Morgan fingerprint density at radius 3 is 2.81 bits per heavy atom. The maximum absolute atomic E-state index is 12.2. The van der Waals surface area contributed by atoms with Crippen LogP contribution < -0.4 is 5.32 Å². The number of aromatic nitrogens is 3. The Kier molecular flexibility index (Phi) is 3.76. The molecule has 2 heterocycles. The topological polar surface area (TPSA) is 67.8 Å². The van der Waals surface area contributed by atoms with Gasteiger partial charge in [-0.05, 0) is 37.5 Å². The van der Waals surface area contributed by atoms with Gasteiger partial charge in [-0.3, -0.25) is 4.79 Å². The van der Waals surface area contributed by atoms with Crippen LogP contribution in [0, 0.1) is 13.8 Å². The molecule has 0 bridgehead atoms. The zero-order valence-corrected chi connectivity index (χ0v) is 13.1. The number of benzene rings is 1. The molecule has 0 spiro atoms. The van der Waals surface area contributed by atoms with Gasteiger partial charge in [0.25, 0.3) is 5.91 Å². The number of amides is 1. The Morgan fingerprint density at radius 1 is 1.29 bits per heavy atom. The Hall–Kier alpha value is -2.12. The molecule has 0 fully saturated rings. The van der Waals surface area contributed by atoms with Crippen LogP contribution >= 0.6 is 22.9 Å². The van der Waals surface area contributed by atoms with Crippen molar-refractivity contribution in [2.75, 3.05) is 5.32 Å². The highest BCUT2D eigenvalue weighted by Gasteiger charge is 2.13. The Bertz CT molecular complexity index is 794. The molecule has 0 aliphatic carbocycles. The van der Waals surface area contributed by atoms with Gasteiger partial charge in [0.1, 0.15) is 4.88 Å². The summed E-state index contributed by atoms with van der Waals surface area (Å²) >= 11 is 2.70. The quantitative estimate of drug-likeness (QED) is 0.802. The highest BCUT2D eigenvalue weighted by atomic mass is 32.1. The number of nitrogens with one attached hydrogen (secondary N) is 1. The van der Waals surface area contributed by atoms with Crippen molar-refractivity contribution < 1.29 is 4.79 Å². The summed E-state index contributed by atoms with van der Waals surface area (Å²) in [5, 5.41) is 9.74. The molecule has 2 aromatic heterocycles. The molecule has 0 aliphatic heterocycles. The van der Waals surface area contributed by atoms with Gasteiger partial charge in [-0.25, -0.2) is 4.98 Å². The van der Waals surface area contributed by atoms with Gasteiger partial charge in [0, 0.05) is 16.6 Å². The minimum absolute atomic E-state index is 0.186. The van der Waals surface area contributed by atoms with Crippen molar-refractivity contribution in [2.45, 2.75) is 13.8 Å². The van der Waals surface area contributed by atoms with Crippen LogP contribution in [0.25, 0.3) is 11.3 Å². The molecule has 3 aromatic rings. The van der Waals surface area contributed by atoms with Crippen molar-refractivity contribution in [1.29, 1.82) is 0 Å². The first kappa shape index (κ1) is 13.8. The van der Waals surface area contributed by atoms with Crippen LogP contribution in [-0.4, -0.2) is 20.5 Å². The van der Waals surface area contributed by atoms with Gasteiger partial charge in [-0.1, -0.05) is 16.6 Å². The molecule has 1 amide bonds. The average Bonchev–Trinajstić information content (AvgIpc) is 3.08. The van der Waals surface area contributed by atoms with E-state index >= 15 is 0 Å². The summed E-state index contributed by atoms with van der Waals surface area (Å²) < 4.78 is 3.77. The second-order valence-corrected chi connectivity index (χ2v) is 6.29. The molecular weight excluding hydrogens is 304 g/mol. The second-order valence-electron chi connectivity index (χ2n) is 4.47. The third-order valence-electron chi connectivity index (χ3n) is 2.89. The predicted octanol–water partition coefficient (Wildman–Crippen LogP) is 3.53. The number of thiazole rings is 1. The highest BCUT2D eigenvalue weighted by molar-refractivity contribution is 7.09. The molecule has 1 N–H and O–H groups in total. The summed E-state index contributed by atoms with van der Waals surface area (Å²) in [5.74, 6) is -0.186. The average molecular weight is 316 g/mol. The zero-order valence-electron chi connectivity index (χ0n) is 11.5. The third-order valence-corrected chi connectivity index (χ3v) is 4.49. The largest absolute Gasteiger partial charge is 0.321 e. The van der Waals surface area contributed by atoms with E-state index < -0.39 is 0 Å². The van der Waals surface area contributed by atoms with E-state index in [4.69, 9.17) is 0 Å². The van der Waals surface area contributed by atoms with E-state index in [-0.39, 0.29) is 5.91 Å².